The number of carbonyl (C=O) groups excluding carboxylic acids is 1. The van der Waals surface area contributed by atoms with E-state index in [2.05, 4.69) is 15.0 Å². The number of rotatable bonds is 5. The average Bonchev–Trinajstić information content (AvgIpc) is 2.74. The Labute approximate surface area is 191 Å². The van der Waals surface area contributed by atoms with Gasteiger partial charge < -0.3 is 14.6 Å². The van der Waals surface area contributed by atoms with Gasteiger partial charge in [0, 0.05) is 35.8 Å². The third-order valence-corrected chi connectivity index (χ3v) is 5.92. The number of H-pyrrole nitrogens is 1. The van der Waals surface area contributed by atoms with E-state index in [0.717, 1.165) is 27.9 Å². The van der Waals surface area contributed by atoms with Gasteiger partial charge in [0.25, 0.3) is 11.5 Å². The minimum absolute atomic E-state index is 0.117. The van der Waals surface area contributed by atoms with Gasteiger partial charge in [0.1, 0.15) is 12.1 Å². The smallest absolute Gasteiger partial charge is 0.256 e. The first-order valence-corrected chi connectivity index (χ1v) is 10.9. The summed E-state index contributed by atoms with van der Waals surface area (Å²) in [5.74, 6) is 0.224. The zero-order chi connectivity index (χ0) is 23.0. The topological polar surface area (TPSA) is 88.2 Å². The zero-order valence-corrected chi connectivity index (χ0v) is 19.3. The summed E-state index contributed by atoms with van der Waals surface area (Å²) in [5.41, 5.74) is 4.93. The number of aryl methyl sites for hydroxylation is 2. The molecule has 0 unspecified atom stereocenters. The Bertz CT molecular complexity index is 1240. The fourth-order valence-electron chi connectivity index (χ4n) is 4.12. The lowest BCUT2D eigenvalue weighted by molar-refractivity contribution is 0.0725. The monoisotopic (exact) mass is 452 g/mol. The minimum atomic E-state index is -0.220. The number of hydrogen-bond acceptors (Lipinski definition) is 5. The fourth-order valence-corrected chi connectivity index (χ4v) is 4.41. The molecule has 0 atom stereocenters. The van der Waals surface area contributed by atoms with Crippen molar-refractivity contribution in [1.82, 2.24) is 19.9 Å². The zero-order valence-electron chi connectivity index (χ0n) is 18.5. The van der Waals surface area contributed by atoms with Gasteiger partial charge >= 0.3 is 0 Å². The lowest BCUT2D eigenvalue weighted by Crippen LogP contribution is -2.39. The summed E-state index contributed by atoms with van der Waals surface area (Å²) >= 11 is 6.71. The van der Waals surface area contributed by atoms with Gasteiger partial charge in [0.2, 0.25) is 0 Å². The van der Waals surface area contributed by atoms with Crippen molar-refractivity contribution in [3.05, 3.63) is 74.2 Å². The van der Waals surface area contributed by atoms with Gasteiger partial charge in [-0.3, -0.25) is 9.59 Å². The van der Waals surface area contributed by atoms with E-state index in [9.17, 15) is 9.59 Å². The first-order valence-electron chi connectivity index (χ1n) is 10.5. The molecule has 1 aliphatic rings. The normalized spacial score (nSPS) is 13.4. The summed E-state index contributed by atoms with van der Waals surface area (Å²) < 4.78 is 5.93. The molecule has 0 saturated carbocycles. The Hall–Kier alpha value is -3.19. The Morgan fingerprint density at radius 1 is 1.19 bits per heavy atom. The van der Waals surface area contributed by atoms with Crippen molar-refractivity contribution in [1.29, 1.82) is 0 Å². The Morgan fingerprint density at radius 3 is 2.56 bits per heavy atom. The second-order valence-corrected chi connectivity index (χ2v) is 8.68. The fraction of sp³-hybridized carbons (Fsp3) is 0.333. The second-order valence-electron chi connectivity index (χ2n) is 8.30. The van der Waals surface area contributed by atoms with E-state index in [1.807, 2.05) is 39.8 Å². The number of benzene rings is 1. The van der Waals surface area contributed by atoms with E-state index in [4.69, 9.17) is 16.3 Å². The van der Waals surface area contributed by atoms with Gasteiger partial charge in [0.15, 0.2) is 0 Å². The molecule has 1 aromatic carbocycles. The molecule has 2 aromatic heterocycles. The molecule has 1 N–H and O–H groups in total. The van der Waals surface area contributed by atoms with Gasteiger partial charge in [-0.25, -0.2) is 9.97 Å². The van der Waals surface area contributed by atoms with Gasteiger partial charge in [-0.05, 0) is 62.9 Å². The van der Waals surface area contributed by atoms with Gasteiger partial charge in [-0.2, -0.15) is 0 Å². The molecule has 0 bridgehead atoms. The Kier molecular flexibility index (Phi) is 6.02. The standard InChI is InChI=1S/C24H25ClN4O3/c1-13(2)32-20-8-18(16-9-26-12-27-10-16)17-5-6-29(24(31)21(17)22(20)25)11-19-14(3)7-15(4)28-23(19)30/h7-10,12-13H,5-6,11H2,1-4H3,(H,28,30). The maximum absolute atomic E-state index is 13.6. The molecular formula is C24H25ClN4O3. The van der Waals surface area contributed by atoms with Crippen LogP contribution in [0.15, 0.2) is 35.6 Å². The molecule has 4 rings (SSSR count). The molecule has 166 valence electrons. The van der Waals surface area contributed by atoms with E-state index < -0.39 is 0 Å². The van der Waals surface area contributed by atoms with Crippen LogP contribution in [-0.2, 0) is 13.0 Å². The number of aromatic nitrogens is 3. The van der Waals surface area contributed by atoms with Crippen LogP contribution in [0.25, 0.3) is 11.1 Å². The summed E-state index contributed by atoms with van der Waals surface area (Å²) in [4.78, 5) is 38.8. The first-order chi connectivity index (χ1) is 15.3. The summed E-state index contributed by atoms with van der Waals surface area (Å²) in [6.07, 6.45) is 5.36. The van der Waals surface area contributed by atoms with Crippen LogP contribution in [-0.4, -0.2) is 38.4 Å². The quantitative estimate of drug-likeness (QED) is 0.630. The van der Waals surface area contributed by atoms with Gasteiger partial charge in [-0.1, -0.05) is 11.6 Å². The van der Waals surface area contributed by atoms with Gasteiger partial charge in [0.05, 0.1) is 23.2 Å². The number of nitrogens with zero attached hydrogens (tertiary/aromatic N) is 3. The van der Waals surface area contributed by atoms with Crippen LogP contribution in [0, 0.1) is 13.8 Å². The van der Waals surface area contributed by atoms with E-state index in [1.165, 1.54) is 6.33 Å². The highest BCUT2D eigenvalue weighted by molar-refractivity contribution is 6.35. The van der Waals surface area contributed by atoms with Crippen molar-refractivity contribution in [2.45, 2.75) is 46.8 Å². The molecule has 3 heterocycles. The molecule has 0 aliphatic carbocycles. The Balaban J connectivity index is 1.80. The number of pyridine rings is 1. The molecule has 0 spiro atoms. The highest BCUT2D eigenvalue weighted by atomic mass is 35.5. The molecule has 1 amide bonds. The largest absolute Gasteiger partial charge is 0.489 e. The maximum atomic E-state index is 13.6. The van der Waals surface area contributed by atoms with E-state index >= 15 is 0 Å². The molecule has 3 aromatic rings. The second kappa shape index (κ2) is 8.74. The molecule has 0 fully saturated rings. The lowest BCUT2D eigenvalue weighted by atomic mass is 9.90. The molecule has 0 saturated heterocycles. The maximum Gasteiger partial charge on any atom is 0.256 e. The van der Waals surface area contributed by atoms with Crippen LogP contribution < -0.4 is 10.3 Å². The predicted molar refractivity (Wildman–Crippen MR) is 123 cm³/mol. The number of amides is 1. The first kappa shape index (κ1) is 22.0. The van der Waals surface area contributed by atoms with Crippen molar-refractivity contribution >= 4 is 17.5 Å². The SMILES string of the molecule is Cc1cc(C)c(CN2CCc3c(-c4cncnc4)cc(OC(C)C)c(Cl)c3C2=O)c(=O)[nH]1. The van der Waals surface area contributed by atoms with Crippen LogP contribution in [0.1, 0.15) is 46.6 Å². The molecule has 8 heteroatoms. The van der Waals surface area contributed by atoms with Crippen LogP contribution in [0.2, 0.25) is 5.02 Å². The van der Waals surface area contributed by atoms with Gasteiger partial charge in [-0.15, -0.1) is 0 Å². The number of halogens is 1. The average molecular weight is 453 g/mol. The summed E-state index contributed by atoms with van der Waals surface area (Å²) in [6, 6.07) is 3.77. The third kappa shape index (κ3) is 4.12. The van der Waals surface area contributed by atoms with Crippen molar-refractivity contribution in [3.63, 3.8) is 0 Å². The van der Waals surface area contributed by atoms with E-state index in [0.29, 0.717) is 34.9 Å². The van der Waals surface area contributed by atoms with Crippen molar-refractivity contribution in [2.24, 2.45) is 0 Å². The predicted octanol–water partition coefficient (Wildman–Crippen LogP) is 4.09. The minimum Gasteiger partial charge on any atom is -0.489 e. The summed E-state index contributed by atoms with van der Waals surface area (Å²) in [7, 11) is 0. The van der Waals surface area contributed by atoms with E-state index in [-0.39, 0.29) is 24.1 Å². The number of aromatic amines is 1. The van der Waals surface area contributed by atoms with Crippen LogP contribution >= 0.6 is 11.6 Å². The van der Waals surface area contributed by atoms with Crippen molar-refractivity contribution in [3.8, 4) is 16.9 Å². The molecule has 0 radical (unpaired) electrons. The highest BCUT2D eigenvalue weighted by Crippen LogP contribution is 2.41. The van der Waals surface area contributed by atoms with Crippen molar-refractivity contribution < 1.29 is 9.53 Å². The summed E-state index contributed by atoms with van der Waals surface area (Å²) in [6.45, 7) is 8.22. The van der Waals surface area contributed by atoms with Crippen LogP contribution in [0.4, 0.5) is 0 Å². The van der Waals surface area contributed by atoms with E-state index in [1.54, 1.807) is 17.3 Å². The Morgan fingerprint density at radius 2 is 1.91 bits per heavy atom. The summed E-state index contributed by atoms with van der Waals surface area (Å²) in [5, 5.41) is 0.290. The van der Waals surface area contributed by atoms with Crippen molar-refractivity contribution in [2.75, 3.05) is 6.54 Å². The molecular weight excluding hydrogens is 428 g/mol. The van der Waals surface area contributed by atoms with Crippen LogP contribution in [0.5, 0.6) is 5.75 Å². The molecule has 1 aliphatic heterocycles. The van der Waals surface area contributed by atoms with Crippen LogP contribution in [0.3, 0.4) is 0 Å². The molecule has 7 nitrogen and oxygen atoms in total. The molecule has 32 heavy (non-hydrogen) atoms. The highest BCUT2D eigenvalue weighted by Gasteiger charge is 2.32. The number of hydrogen-bond donors (Lipinski definition) is 1. The third-order valence-electron chi connectivity index (χ3n) is 5.55. The number of nitrogens with one attached hydrogen (secondary N) is 1. The number of carbonyl (C=O) groups is 1. The number of ether oxygens (including phenoxy) is 1. The lowest BCUT2D eigenvalue weighted by Gasteiger charge is -2.31. The number of fused-ring (bicyclic) bond motifs is 1.